The molecule has 0 unspecified atom stereocenters. The standard InChI is InChI=1S/C10H5Cl2NO3/c11-4-1-7(12)5-3-6(10(15)16)9(14)13-8(5)2-4/h1-3H,(H,13,14)(H,15,16). The molecule has 2 aromatic rings. The number of hydrogen-bond acceptors (Lipinski definition) is 2. The summed E-state index contributed by atoms with van der Waals surface area (Å²) in [6, 6.07) is 4.22. The van der Waals surface area contributed by atoms with E-state index in [9.17, 15) is 9.59 Å². The largest absolute Gasteiger partial charge is 0.477 e. The number of nitrogens with one attached hydrogen (secondary N) is 1. The Labute approximate surface area is 99.4 Å². The summed E-state index contributed by atoms with van der Waals surface area (Å²) in [5.41, 5.74) is -0.623. The van der Waals surface area contributed by atoms with Crippen molar-refractivity contribution in [3.63, 3.8) is 0 Å². The molecule has 1 aromatic carbocycles. The average molecular weight is 258 g/mol. The molecule has 2 rings (SSSR count). The van der Waals surface area contributed by atoms with Crippen LogP contribution in [0.1, 0.15) is 10.4 Å². The molecule has 0 fully saturated rings. The zero-order valence-electron chi connectivity index (χ0n) is 7.75. The SMILES string of the molecule is O=C(O)c1cc2c(Cl)cc(Cl)cc2[nH]c1=O. The van der Waals surface area contributed by atoms with Crippen LogP contribution >= 0.6 is 23.2 Å². The highest BCUT2D eigenvalue weighted by Gasteiger charge is 2.11. The zero-order chi connectivity index (χ0) is 11.9. The summed E-state index contributed by atoms with van der Waals surface area (Å²) in [4.78, 5) is 24.5. The van der Waals surface area contributed by atoms with Crippen molar-refractivity contribution in [2.75, 3.05) is 0 Å². The summed E-state index contributed by atoms with van der Waals surface area (Å²) in [6.45, 7) is 0. The number of aromatic amines is 1. The molecule has 0 aliphatic heterocycles. The lowest BCUT2D eigenvalue weighted by atomic mass is 10.1. The Morgan fingerprint density at radius 3 is 2.56 bits per heavy atom. The Morgan fingerprint density at radius 1 is 1.25 bits per heavy atom. The second kappa shape index (κ2) is 3.81. The van der Waals surface area contributed by atoms with Gasteiger partial charge >= 0.3 is 5.97 Å². The molecule has 0 atom stereocenters. The predicted molar refractivity (Wildman–Crippen MR) is 61.5 cm³/mol. The van der Waals surface area contributed by atoms with E-state index >= 15 is 0 Å². The van der Waals surface area contributed by atoms with Gasteiger partial charge in [0.25, 0.3) is 5.56 Å². The third-order valence-electron chi connectivity index (χ3n) is 2.11. The number of H-pyrrole nitrogens is 1. The fourth-order valence-corrected chi connectivity index (χ4v) is 1.94. The average Bonchev–Trinajstić information content (AvgIpc) is 2.15. The topological polar surface area (TPSA) is 70.2 Å². The van der Waals surface area contributed by atoms with Gasteiger partial charge in [0, 0.05) is 10.4 Å². The molecule has 0 aliphatic carbocycles. The zero-order valence-corrected chi connectivity index (χ0v) is 9.26. The Morgan fingerprint density at radius 2 is 1.94 bits per heavy atom. The first-order valence-electron chi connectivity index (χ1n) is 4.24. The molecule has 0 spiro atoms. The van der Waals surface area contributed by atoms with Crippen LogP contribution in [0.5, 0.6) is 0 Å². The summed E-state index contributed by atoms with van der Waals surface area (Å²) >= 11 is 11.6. The maximum Gasteiger partial charge on any atom is 0.341 e. The van der Waals surface area contributed by atoms with Crippen molar-refractivity contribution in [2.24, 2.45) is 0 Å². The third kappa shape index (κ3) is 1.77. The van der Waals surface area contributed by atoms with E-state index in [0.29, 0.717) is 20.9 Å². The summed E-state index contributed by atoms with van der Waals surface area (Å²) in [5, 5.41) is 9.89. The van der Waals surface area contributed by atoms with Crippen LogP contribution in [-0.2, 0) is 0 Å². The summed E-state index contributed by atoms with van der Waals surface area (Å²) in [7, 11) is 0. The van der Waals surface area contributed by atoms with E-state index in [1.165, 1.54) is 18.2 Å². The maximum atomic E-state index is 11.4. The number of halogens is 2. The fourth-order valence-electron chi connectivity index (χ4n) is 1.39. The molecule has 0 bridgehead atoms. The van der Waals surface area contributed by atoms with Crippen LogP contribution in [-0.4, -0.2) is 16.1 Å². The normalized spacial score (nSPS) is 10.6. The summed E-state index contributed by atoms with van der Waals surface area (Å²) < 4.78 is 0. The van der Waals surface area contributed by atoms with E-state index in [1.807, 2.05) is 0 Å². The monoisotopic (exact) mass is 257 g/mol. The Bertz CT molecular complexity index is 648. The maximum absolute atomic E-state index is 11.4. The van der Waals surface area contributed by atoms with Gasteiger partial charge in [0.15, 0.2) is 0 Å². The first kappa shape index (κ1) is 11.0. The van der Waals surface area contributed by atoms with Gasteiger partial charge in [-0.2, -0.15) is 0 Å². The summed E-state index contributed by atoms with van der Waals surface area (Å²) in [6.07, 6.45) is 0. The molecule has 0 saturated carbocycles. The molecule has 0 saturated heterocycles. The molecule has 16 heavy (non-hydrogen) atoms. The smallest absolute Gasteiger partial charge is 0.341 e. The van der Waals surface area contributed by atoms with E-state index in [-0.39, 0.29) is 5.56 Å². The molecule has 82 valence electrons. The molecular formula is C10H5Cl2NO3. The van der Waals surface area contributed by atoms with Crippen LogP contribution in [0.15, 0.2) is 23.0 Å². The number of rotatable bonds is 1. The quantitative estimate of drug-likeness (QED) is 0.825. The van der Waals surface area contributed by atoms with E-state index < -0.39 is 11.5 Å². The van der Waals surface area contributed by atoms with Crippen molar-refractivity contribution in [3.8, 4) is 0 Å². The van der Waals surface area contributed by atoms with Crippen LogP contribution in [0.3, 0.4) is 0 Å². The number of benzene rings is 1. The van der Waals surface area contributed by atoms with Crippen molar-refractivity contribution in [2.45, 2.75) is 0 Å². The Hall–Kier alpha value is -1.52. The lowest BCUT2D eigenvalue weighted by molar-refractivity contribution is 0.0695. The van der Waals surface area contributed by atoms with Gasteiger partial charge < -0.3 is 10.1 Å². The van der Waals surface area contributed by atoms with Crippen molar-refractivity contribution in [1.29, 1.82) is 0 Å². The number of pyridine rings is 1. The second-order valence-corrected chi connectivity index (χ2v) is 4.01. The highest BCUT2D eigenvalue weighted by molar-refractivity contribution is 6.38. The molecule has 2 N–H and O–H groups in total. The molecule has 1 aromatic heterocycles. The molecule has 0 amide bonds. The molecular weight excluding hydrogens is 253 g/mol. The van der Waals surface area contributed by atoms with Gasteiger partial charge in [0.2, 0.25) is 0 Å². The third-order valence-corrected chi connectivity index (χ3v) is 2.64. The van der Waals surface area contributed by atoms with E-state index in [4.69, 9.17) is 28.3 Å². The van der Waals surface area contributed by atoms with Crippen molar-refractivity contribution in [1.82, 2.24) is 4.98 Å². The van der Waals surface area contributed by atoms with Crippen LogP contribution < -0.4 is 5.56 Å². The van der Waals surface area contributed by atoms with Crippen LogP contribution in [0.2, 0.25) is 10.0 Å². The molecule has 0 radical (unpaired) electrons. The number of hydrogen-bond donors (Lipinski definition) is 2. The molecule has 4 nitrogen and oxygen atoms in total. The van der Waals surface area contributed by atoms with Gasteiger partial charge in [-0.15, -0.1) is 0 Å². The van der Waals surface area contributed by atoms with Gasteiger partial charge in [0.05, 0.1) is 10.5 Å². The molecule has 0 aliphatic rings. The minimum absolute atomic E-state index is 0.293. The summed E-state index contributed by atoms with van der Waals surface area (Å²) in [5.74, 6) is -1.30. The van der Waals surface area contributed by atoms with Crippen molar-refractivity contribution in [3.05, 3.63) is 44.2 Å². The predicted octanol–water partition coefficient (Wildman–Crippen LogP) is 2.53. The number of fused-ring (bicyclic) bond motifs is 1. The minimum atomic E-state index is -1.30. The number of carboxylic acids is 1. The van der Waals surface area contributed by atoms with Crippen LogP contribution in [0, 0.1) is 0 Å². The number of carboxylic acid groups (broad SMARTS) is 1. The Balaban J connectivity index is 2.90. The van der Waals surface area contributed by atoms with Crippen molar-refractivity contribution >= 4 is 40.1 Å². The van der Waals surface area contributed by atoms with Gasteiger partial charge in [-0.1, -0.05) is 23.2 Å². The van der Waals surface area contributed by atoms with Crippen molar-refractivity contribution < 1.29 is 9.90 Å². The number of aromatic carboxylic acids is 1. The minimum Gasteiger partial charge on any atom is -0.477 e. The lowest BCUT2D eigenvalue weighted by Gasteiger charge is -2.02. The first-order chi connectivity index (χ1) is 7.49. The van der Waals surface area contributed by atoms with Gasteiger partial charge in [0.1, 0.15) is 5.56 Å². The molecule has 6 heteroatoms. The Kier molecular flexibility index (Phi) is 2.61. The van der Waals surface area contributed by atoms with Gasteiger partial charge in [-0.3, -0.25) is 4.79 Å². The van der Waals surface area contributed by atoms with E-state index in [2.05, 4.69) is 4.98 Å². The molecule has 1 heterocycles. The first-order valence-corrected chi connectivity index (χ1v) is 5.00. The van der Waals surface area contributed by atoms with Crippen LogP contribution in [0.4, 0.5) is 0 Å². The van der Waals surface area contributed by atoms with Gasteiger partial charge in [-0.05, 0) is 18.2 Å². The van der Waals surface area contributed by atoms with Crippen LogP contribution in [0.25, 0.3) is 10.9 Å². The number of carbonyl (C=O) groups is 1. The van der Waals surface area contributed by atoms with E-state index in [0.717, 1.165) is 0 Å². The fraction of sp³-hybridized carbons (Fsp3) is 0. The van der Waals surface area contributed by atoms with Gasteiger partial charge in [-0.25, -0.2) is 4.79 Å². The van der Waals surface area contributed by atoms with E-state index in [1.54, 1.807) is 0 Å². The highest BCUT2D eigenvalue weighted by atomic mass is 35.5. The number of aromatic nitrogens is 1. The second-order valence-electron chi connectivity index (χ2n) is 3.17. The highest BCUT2D eigenvalue weighted by Crippen LogP contribution is 2.26. The lowest BCUT2D eigenvalue weighted by Crippen LogP contribution is -2.16.